The van der Waals surface area contributed by atoms with Gasteiger partial charge in [-0.3, -0.25) is 0 Å². The van der Waals surface area contributed by atoms with Crippen LogP contribution in [0.3, 0.4) is 0 Å². The van der Waals surface area contributed by atoms with Crippen LogP contribution in [0, 0.1) is 37.3 Å². The van der Waals surface area contributed by atoms with Crippen molar-refractivity contribution in [2.24, 2.45) is 0 Å². The number of aryl methyl sites for hydroxylation is 3. The molecule has 0 aliphatic heterocycles. The number of rotatable bonds is 5. The van der Waals surface area contributed by atoms with E-state index in [1.807, 2.05) is 24.5 Å². The van der Waals surface area contributed by atoms with Crippen LogP contribution in [0.25, 0.3) is 55.6 Å². The summed E-state index contributed by atoms with van der Waals surface area (Å²) in [4.78, 5) is 9.25. The fourth-order valence-electron chi connectivity index (χ4n) is 7.54. The second-order valence-electron chi connectivity index (χ2n) is 15.4. The van der Waals surface area contributed by atoms with Crippen LogP contribution in [0.2, 0.25) is 19.6 Å². The number of pyridine rings is 2. The molecule has 0 atom stereocenters. The first kappa shape index (κ1) is 38.1. The molecule has 1 radical (unpaired) electrons. The van der Waals surface area contributed by atoms with Crippen LogP contribution in [-0.4, -0.2) is 18.0 Å². The summed E-state index contributed by atoms with van der Waals surface area (Å²) >= 11 is 0. The van der Waals surface area contributed by atoms with E-state index in [0.29, 0.717) is 11.5 Å². The molecular weight excluding hydrogens is 843 g/mol. The quantitative estimate of drug-likeness (QED) is 0.128. The Morgan fingerprint density at radius 2 is 1.53 bits per heavy atom. The normalized spacial score (nSPS) is 12.5. The summed E-state index contributed by atoms with van der Waals surface area (Å²) in [6, 6.07) is 35.9. The van der Waals surface area contributed by atoms with Crippen LogP contribution >= 0.6 is 0 Å². The Bertz CT molecular complexity index is 2470. The molecule has 269 valence electrons. The van der Waals surface area contributed by atoms with Gasteiger partial charge in [0.05, 0.1) is 13.7 Å². The second kappa shape index (κ2) is 15.7. The van der Waals surface area contributed by atoms with Gasteiger partial charge in [-0.2, -0.15) is 0 Å². The molecule has 0 N–H and O–H groups in total. The van der Waals surface area contributed by atoms with Crippen molar-refractivity contribution in [1.82, 2.24) is 9.97 Å². The molecule has 53 heavy (non-hydrogen) atoms. The molecule has 4 nitrogen and oxygen atoms in total. The van der Waals surface area contributed by atoms with Gasteiger partial charge in [0, 0.05) is 44.0 Å². The Kier molecular flexibility index (Phi) is 11.3. The van der Waals surface area contributed by atoms with Gasteiger partial charge in [0.2, 0.25) is 0 Å². The molecule has 0 bridgehead atoms. The summed E-state index contributed by atoms with van der Waals surface area (Å²) in [6.07, 6.45) is 8.92. The molecular formula is C47H45IrN3OSi-2. The minimum Gasteiger partial charge on any atom is -0.500 e. The second-order valence-corrected chi connectivity index (χ2v) is 20.4. The molecule has 7 aromatic rings. The van der Waals surface area contributed by atoms with Crippen LogP contribution in [0.15, 0.2) is 95.7 Å². The van der Waals surface area contributed by atoms with Gasteiger partial charge >= 0.3 is 0 Å². The predicted molar refractivity (Wildman–Crippen MR) is 218 cm³/mol. The van der Waals surface area contributed by atoms with Gasteiger partial charge in [-0.05, 0) is 107 Å². The number of fused-ring (bicyclic) bond motifs is 4. The third-order valence-electron chi connectivity index (χ3n) is 10.3. The zero-order valence-electron chi connectivity index (χ0n) is 31.6. The predicted octanol–water partition coefficient (Wildman–Crippen LogP) is 11.7. The minimum absolute atomic E-state index is 0. The molecule has 0 fully saturated rings. The fourth-order valence-corrected chi connectivity index (χ4v) is 9.25. The first-order valence-corrected chi connectivity index (χ1v) is 21.9. The van der Waals surface area contributed by atoms with Gasteiger partial charge in [0.15, 0.2) is 0 Å². The summed E-state index contributed by atoms with van der Waals surface area (Å²) < 4.78 is 6.28. The van der Waals surface area contributed by atoms with E-state index in [2.05, 4.69) is 125 Å². The first-order chi connectivity index (χ1) is 25.0. The van der Waals surface area contributed by atoms with E-state index in [1.54, 1.807) is 12.1 Å². The molecule has 0 saturated carbocycles. The Morgan fingerprint density at radius 1 is 0.774 bits per heavy atom. The summed E-state index contributed by atoms with van der Waals surface area (Å²) in [5, 5.41) is 12.4. The monoisotopic (exact) mass is 888 g/mol. The van der Waals surface area contributed by atoms with Gasteiger partial charge in [-0.25, -0.2) is 5.26 Å². The average molecular weight is 888 g/mol. The number of nitrogens with zero attached hydrogens (tertiary/aromatic N) is 3. The van der Waals surface area contributed by atoms with Gasteiger partial charge in [0.25, 0.3) is 0 Å². The van der Waals surface area contributed by atoms with Gasteiger partial charge < -0.3 is 14.4 Å². The molecule has 0 spiro atoms. The summed E-state index contributed by atoms with van der Waals surface area (Å²) in [6.45, 7) is 15.7. The number of aromatic nitrogens is 2. The van der Waals surface area contributed by atoms with E-state index >= 15 is 0 Å². The number of benzene rings is 4. The van der Waals surface area contributed by atoms with Crippen molar-refractivity contribution in [3.05, 3.63) is 137 Å². The number of nitriles is 1. The van der Waals surface area contributed by atoms with Crippen molar-refractivity contribution in [2.75, 3.05) is 0 Å². The molecule has 3 heterocycles. The van der Waals surface area contributed by atoms with E-state index < -0.39 is 8.07 Å². The Labute approximate surface area is 328 Å². The zero-order valence-corrected chi connectivity index (χ0v) is 35.0. The van der Waals surface area contributed by atoms with Crippen molar-refractivity contribution < 1.29 is 24.5 Å². The Hall–Kier alpha value is -4.66. The van der Waals surface area contributed by atoms with Crippen LogP contribution in [-0.2, 0) is 32.9 Å². The van der Waals surface area contributed by atoms with E-state index in [9.17, 15) is 0 Å². The van der Waals surface area contributed by atoms with Gasteiger partial charge in [0.1, 0.15) is 5.58 Å². The van der Waals surface area contributed by atoms with Gasteiger partial charge in [-0.1, -0.05) is 86.9 Å². The van der Waals surface area contributed by atoms with Crippen molar-refractivity contribution in [1.29, 1.82) is 5.26 Å². The van der Waals surface area contributed by atoms with E-state index in [1.165, 1.54) is 69.8 Å². The number of hydrogen-bond donors (Lipinski definition) is 0. The molecule has 3 aromatic heterocycles. The molecule has 6 heteroatoms. The Balaban J connectivity index is 0.000000206. The topological polar surface area (TPSA) is 62.7 Å². The first-order valence-electron chi connectivity index (χ1n) is 18.4. The maximum Gasteiger partial charge on any atom is 0.121 e. The van der Waals surface area contributed by atoms with Crippen molar-refractivity contribution in [2.45, 2.75) is 78.9 Å². The van der Waals surface area contributed by atoms with Crippen molar-refractivity contribution in [3.63, 3.8) is 0 Å². The summed E-state index contributed by atoms with van der Waals surface area (Å²) in [5.41, 5.74) is 15.7. The minimum atomic E-state index is -1.33. The molecule has 1 aliphatic carbocycles. The summed E-state index contributed by atoms with van der Waals surface area (Å²) in [7, 11) is -1.33. The largest absolute Gasteiger partial charge is 0.500 e. The Morgan fingerprint density at radius 3 is 2.25 bits per heavy atom. The van der Waals surface area contributed by atoms with E-state index in [4.69, 9.17) is 14.7 Å². The molecule has 0 amide bonds. The average Bonchev–Trinajstić information content (AvgIpc) is 3.51. The summed E-state index contributed by atoms with van der Waals surface area (Å²) in [5.74, 6) is 0.465. The zero-order chi connectivity index (χ0) is 36.6. The maximum atomic E-state index is 8.79. The molecule has 1 aliphatic rings. The third kappa shape index (κ3) is 7.99. The van der Waals surface area contributed by atoms with Crippen LogP contribution < -0.4 is 5.19 Å². The molecule has 0 saturated heterocycles. The van der Waals surface area contributed by atoms with E-state index in [0.717, 1.165) is 44.5 Å². The SMILES string of the molecule is Cc1cc(-c2[c-]cc(C#N)cc2)ncc1[Si](C)(C)C.Cc1cnc(-c2[c-]cc3oc4cc(-c5cccc6c5CCCC6)ccc4c3c2)cc1C(C)C.[Ir]. The van der Waals surface area contributed by atoms with Crippen LogP contribution in [0.5, 0.6) is 0 Å². The van der Waals surface area contributed by atoms with Crippen molar-refractivity contribution in [3.8, 4) is 39.7 Å². The third-order valence-corrected chi connectivity index (χ3v) is 12.4. The molecule has 0 unspecified atom stereocenters. The van der Waals surface area contributed by atoms with Gasteiger partial charge in [-0.15, -0.1) is 53.6 Å². The van der Waals surface area contributed by atoms with Crippen LogP contribution in [0.4, 0.5) is 0 Å². The molecule has 8 rings (SSSR count). The maximum absolute atomic E-state index is 8.79. The number of furan rings is 1. The van der Waals surface area contributed by atoms with Crippen LogP contribution in [0.1, 0.15) is 66.0 Å². The smallest absolute Gasteiger partial charge is 0.121 e. The number of hydrogen-bond acceptors (Lipinski definition) is 4. The molecule has 4 aromatic carbocycles. The van der Waals surface area contributed by atoms with Crippen molar-refractivity contribution >= 4 is 35.2 Å². The fraction of sp³-hybridized carbons (Fsp3) is 0.255. The standard InChI is InChI=1S/C31H28NO.C16H17N2Si.Ir/c1-19(2)27-17-29(32-18-20(27)3)23-12-14-30-28(15-23)26-13-11-22(16-31(26)33-30)25-10-6-8-21-7-4-5-9-24(21)25;1-12-9-15(18-11-16(12)19(2,3)4)14-7-5-13(10-17)6-8-14;/h6,8,10-11,13-19H,4-5,7,9H2,1-3H3;5-7,9,11H,1-4H3;/q2*-1;. The van der Waals surface area contributed by atoms with E-state index in [-0.39, 0.29) is 20.1 Å².